The second-order valence-electron chi connectivity index (χ2n) is 3.96. The Morgan fingerprint density at radius 3 is 2.92 bits per heavy atom. The molecule has 0 saturated heterocycles. The second-order valence-corrected chi connectivity index (χ2v) is 3.96. The van der Waals surface area contributed by atoms with E-state index in [0.717, 1.165) is 5.82 Å². The van der Waals surface area contributed by atoms with Gasteiger partial charge in [-0.1, -0.05) is 12.2 Å². The van der Waals surface area contributed by atoms with Gasteiger partial charge in [-0.2, -0.15) is 0 Å². The van der Waals surface area contributed by atoms with Gasteiger partial charge in [-0.05, 0) is 26.0 Å². The van der Waals surface area contributed by atoms with E-state index in [2.05, 4.69) is 49.0 Å². The number of hydrogen-bond acceptors (Lipinski definition) is 2. The zero-order valence-corrected chi connectivity index (χ0v) is 8.28. The van der Waals surface area contributed by atoms with Gasteiger partial charge in [0.15, 0.2) is 0 Å². The molecule has 0 N–H and O–H groups in total. The van der Waals surface area contributed by atoms with Gasteiger partial charge in [0, 0.05) is 18.8 Å². The minimum atomic E-state index is 0.0708. The van der Waals surface area contributed by atoms with Crippen molar-refractivity contribution in [3.8, 4) is 0 Å². The minimum Gasteiger partial charge on any atom is -0.351 e. The predicted molar refractivity (Wildman–Crippen MR) is 55.8 cm³/mol. The van der Waals surface area contributed by atoms with E-state index >= 15 is 0 Å². The van der Waals surface area contributed by atoms with Gasteiger partial charge in [0.05, 0.1) is 5.54 Å². The Hall–Kier alpha value is -1.31. The van der Waals surface area contributed by atoms with Crippen molar-refractivity contribution in [2.75, 3.05) is 11.9 Å². The number of nitrogens with zero attached hydrogens (tertiary/aromatic N) is 2. The lowest BCUT2D eigenvalue weighted by Gasteiger charge is -2.37. The Morgan fingerprint density at radius 2 is 2.15 bits per heavy atom. The Labute approximate surface area is 78.9 Å². The summed E-state index contributed by atoms with van der Waals surface area (Å²) < 4.78 is 0. The van der Waals surface area contributed by atoms with E-state index in [0.29, 0.717) is 0 Å². The maximum Gasteiger partial charge on any atom is 0.136 e. The molecule has 1 aliphatic rings. The molecule has 1 aromatic rings. The summed E-state index contributed by atoms with van der Waals surface area (Å²) in [6.45, 7) is 4.36. The van der Waals surface area contributed by atoms with Gasteiger partial charge in [0.2, 0.25) is 0 Å². The fourth-order valence-corrected chi connectivity index (χ4v) is 1.50. The van der Waals surface area contributed by atoms with Crippen LogP contribution in [0.3, 0.4) is 0 Å². The van der Waals surface area contributed by atoms with Crippen molar-refractivity contribution in [3.05, 3.63) is 30.0 Å². The molecule has 0 spiro atoms. The van der Waals surface area contributed by atoms with Crippen molar-refractivity contribution >= 4 is 11.9 Å². The van der Waals surface area contributed by atoms with Crippen molar-refractivity contribution in [3.63, 3.8) is 0 Å². The van der Waals surface area contributed by atoms with Gasteiger partial charge < -0.3 is 4.90 Å². The average molecular weight is 174 g/mol. The molecule has 0 unspecified atom stereocenters. The highest BCUT2D eigenvalue weighted by molar-refractivity contribution is 5.69. The van der Waals surface area contributed by atoms with E-state index in [-0.39, 0.29) is 5.54 Å². The maximum absolute atomic E-state index is 4.37. The number of aromatic nitrogens is 1. The monoisotopic (exact) mass is 174 g/mol. The molecule has 0 atom stereocenters. The molecule has 13 heavy (non-hydrogen) atoms. The van der Waals surface area contributed by atoms with Crippen LogP contribution in [0.15, 0.2) is 24.4 Å². The van der Waals surface area contributed by atoms with Crippen LogP contribution in [0.1, 0.15) is 19.4 Å². The lowest BCUT2D eigenvalue weighted by atomic mass is 9.97. The van der Waals surface area contributed by atoms with Crippen LogP contribution in [-0.2, 0) is 0 Å². The average Bonchev–Trinajstić information content (AvgIpc) is 2.13. The number of likely N-dealkylation sites (N-methyl/N-ethyl adjacent to an activating group) is 1. The molecule has 0 aliphatic carbocycles. The molecule has 1 aromatic heterocycles. The van der Waals surface area contributed by atoms with E-state index in [1.54, 1.807) is 0 Å². The smallest absolute Gasteiger partial charge is 0.136 e. The lowest BCUT2D eigenvalue weighted by Crippen LogP contribution is -2.41. The van der Waals surface area contributed by atoms with Crippen molar-refractivity contribution in [1.29, 1.82) is 0 Å². The van der Waals surface area contributed by atoms with Crippen LogP contribution in [0.4, 0.5) is 5.82 Å². The Bertz CT molecular complexity index is 353. The summed E-state index contributed by atoms with van der Waals surface area (Å²) in [5.41, 5.74) is 1.27. The predicted octanol–water partition coefficient (Wildman–Crippen LogP) is 2.32. The molecule has 0 amide bonds. The molecule has 2 heteroatoms. The summed E-state index contributed by atoms with van der Waals surface area (Å²) in [6.07, 6.45) is 6.18. The molecule has 0 radical (unpaired) electrons. The zero-order chi connectivity index (χ0) is 9.47. The second kappa shape index (κ2) is 2.59. The molecule has 68 valence electrons. The summed E-state index contributed by atoms with van der Waals surface area (Å²) in [5.74, 6) is 1.06. The third-order valence-corrected chi connectivity index (χ3v) is 2.67. The SMILES string of the molecule is CN1c2ncccc2C=CC1(C)C. The van der Waals surface area contributed by atoms with E-state index in [1.807, 2.05) is 12.3 Å². The zero-order valence-electron chi connectivity index (χ0n) is 8.28. The van der Waals surface area contributed by atoms with Crippen molar-refractivity contribution in [2.24, 2.45) is 0 Å². The van der Waals surface area contributed by atoms with E-state index in [1.165, 1.54) is 5.56 Å². The number of hydrogen-bond donors (Lipinski definition) is 0. The maximum atomic E-state index is 4.37. The van der Waals surface area contributed by atoms with Gasteiger partial charge in [-0.15, -0.1) is 0 Å². The topological polar surface area (TPSA) is 16.1 Å². The van der Waals surface area contributed by atoms with Crippen LogP contribution in [-0.4, -0.2) is 17.6 Å². The quantitative estimate of drug-likeness (QED) is 0.600. The highest BCUT2D eigenvalue weighted by atomic mass is 15.2. The molecular formula is C11H14N2. The highest BCUT2D eigenvalue weighted by Gasteiger charge is 2.26. The van der Waals surface area contributed by atoms with Crippen LogP contribution in [0, 0.1) is 0 Å². The van der Waals surface area contributed by atoms with E-state index in [4.69, 9.17) is 0 Å². The number of anilines is 1. The van der Waals surface area contributed by atoms with Gasteiger partial charge in [-0.3, -0.25) is 0 Å². The normalized spacial score (nSPS) is 18.5. The summed E-state index contributed by atoms with van der Waals surface area (Å²) in [5, 5.41) is 0. The molecule has 2 heterocycles. The standard InChI is InChI=1S/C11H14N2/c1-11(2)7-6-9-5-4-8-12-10(9)13(11)3/h4-8H,1-3H3. The Balaban J connectivity index is 2.55. The molecule has 2 rings (SSSR count). The molecule has 0 fully saturated rings. The molecule has 0 aromatic carbocycles. The number of rotatable bonds is 0. The first-order valence-corrected chi connectivity index (χ1v) is 4.49. The van der Waals surface area contributed by atoms with Crippen LogP contribution in [0.2, 0.25) is 0 Å². The minimum absolute atomic E-state index is 0.0708. The summed E-state index contributed by atoms with van der Waals surface area (Å²) >= 11 is 0. The largest absolute Gasteiger partial charge is 0.351 e. The fourth-order valence-electron chi connectivity index (χ4n) is 1.50. The first kappa shape index (κ1) is 8.30. The van der Waals surface area contributed by atoms with Crippen LogP contribution < -0.4 is 4.90 Å². The molecule has 0 saturated carbocycles. The Kier molecular flexibility index (Phi) is 1.65. The third-order valence-electron chi connectivity index (χ3n) is 2.67. The van der Waals surface area contributed by atoms with Crippen molar-refractivity contribution < 1.29 is 0 Å². The first-order chi connectivity index (χ1) is 6.11. The fraction of sp³-hybridized carbons (Fsp3) is 0.364. The summed E-state index contributed by atoms with van der Waals surface area (Å²) in [7, 11) is 2.08. The van der Waals surface area contributed by atoms with Crippen molar-refractivity contribution in [2.45, 2.75) is 19.4 Å². The molecule has 2 nitrogen and oxygen atoms in total. The molecular weight excluding hydrogens is 160 g/mol. The highest BCUT2D eigenvalue weighted by Crippen LogP contribution is 2.30. The number of pyridine rings is 1. The summed E-state index contributed by atoms with van der Waals surface area (Å²) in [6, 6.07) is 4.06. The van der Waals surface area contributed by atoms with E-state index in [9.17, 15) is 0 Å². The van der Waals surface area contributed by atoms with Crippen LogP contribution >= 0.6 is 0 Å². The first-order valence-electron chi connectivity index (χ1n) is 4.49. The van der Waals surface area contributed by atoms with Gasteiger partial charge >= 0.3 is 0 Å². The molecule has 0 bridgehead atoms. The van der Waals surface area contributed by atoms with Gasteiger partial charge in [0.25, 0.3) is 0 Å². The molecule has 1 aliphatic heterocycles. The third kappa shape index (κ3) is 1.22. The van der Waals surface area contributed by atoms with Crippen LogP contribution in [0.25, 0.3) is 6.08 Å². The Morgan fingerprint density at radius 1 is 1.38 bits per heavy atom. The summed E-state index contributed by atoms with van der Waals surface area (Å²) in [4.78, 5) is 6.57. The van der Waals surface area contributed by atoms with Gasteiger partial charge in [0.1, 0.15) is 5.82 Å². The van der Waals surface area contributed by atoms with Gasteiger partial charge in [-0.25, -0.2) is 4.98 Å². The van der Waals surface area contributed by atoms with E-state index < -0.39 is 0 Å². The number of fused-ring (bicyclic) bond motifs is 1. The van der Waals surface area contributed by atoms with Crippen LogP contribution in [0.5, 0.6) is 0 Å². The lowest BCUT2D eigenvalue weighted by molar-refractivity contribution is 0.593. The van der Waals surface area contributed by atoms with Crippen molar-refractivity contribution in [1.82, 2.24) is 4.98 Å².